The number of aromatic nitrogens is 2. The summed E-state index contributed by atoms with van der Waals surface area (Å²) in [6.07, 6.45) is 0. The van der Waals surface area contributed by atoms with Gasteiger partial charge in [-0.3, -0.25) is 9.59 Å². The number of carbonyl (C=O) groups is 1. The molecule has 0 bridgehead atoms. The average Bonchev–Trinajstić information content (AvgIpc) is 2.12. The highest BCUT2D eigenvalue weighted by Gasteiger charge is 2.04. The number of ether oxygens (including phenoxy) is 1. The first-order valence-electron chi connectivity index (χ1n) is 4.19. The van der Waals surface area contributed by atoms with Crippen molar-refractivity contribution < 1.29 is 9.53 Å². The first-order valence-corrected chi connectivity index (χ1v) is 4.19. The predicted octanol–water partition coefficient (Wildman–Crippen LogP) is -0.233. The Bertz CT molecular complexity index is 384. The number of methoxy groups -OCH3 is 1. The van der Waals surface area contributed by atoms with E-state index in [0.717, 1.165) is 4.68 Å². The predicted molar refractivity (Wildman–Crippen MR) is 50.1 cm³/mol. The van der Waals surface area contributed by atoms with E-state index in [-0.39, 0.29) is 24.5 Å². The molecule has 0 radical (unpaired) electrons. The molecule has 0 spiro atoms. The van der Waals surface area contributed by atoms with Crippen molar-refractivity contribution in [2.75, 3.05) is 13.7 Å². The lowest BCUT2D eigenvalue weighted by atomic mass is 10.4. The Balaban J connectivity index is 2.81. The zero-order valence-corrected chi connectivity index (χ0v) is 8.19. The third kappa shape index (κ3) is 2.77. The van der Waals surface area contributed by atoms with Gasteiger partial charge in [0.2, 0.25) is 0 Å². The molecule has 0 amide bonds. The van der Waals surface area contributed by atoms with Crippen molar-refractivity contribution in [3.8, 4) is 0 Å². The summed E-state index contributed by atoms with van der Waals surface area (Å²) >= 11 is 0. The smallest absolute Gasteiger partial charge is 0.267 e. The van der Waals surface area contributed by atoms with Gasteiger partial charge in [0.1, 0.15) is 13.2 Å². The third-order valence-electron chi connectivity index (χ3n) is 1.63. The maximum Gasteiger partial charge on any atom is 0.267 e. The van der Waals surface area contributed by atoms with E-state index in [4.69, 9.17) is 0 Å². The highest BCUT2D eigenvalue weighted by molar-refractivity contribution is 5.79. The summed E-state index contributed by atoms with van der Waals surface area (Å²) in [7, 11) is 1.43. The number of aryl methyl sites for hydroxylation is 1. The summed E-state index contributed by atoms with van der Waals surface area (Å²) < 4.78 is 5.79. The van der Waals surface area contributed by atoms with Crippen LogP contribution in [0, 0.1) is 6.92 Å². The highest BCUT2D eigenvalue weighted by Crippen LogP contribution is 1.86. The van der Waals surface area contributed by atoms with Gasteiger partial charge in [0.25, 0.3) is 5.56 Å². The average molecular weight is 196 g/mol. The molecular formula is C9H12N2O3. The molecule has 1 rings (SSSR count). The van der Waals surface area contributed by atoms with Crippen LogP contribution < -0.4 is 5.56 Å². The molecule has 0 aliphatic carbocycles. The van der Waals surface area contributed by atoms with Gasteiger partial charge in [0.15, 0.2) is 5.78 Å². The summed E-state index contributed by atoms with van der Waals surface area (Å²) in [5.74, 6) is -0.173. The molecule has 1 aromatic rings. The summed E-state index contributed by atoms with van der Waals surface area (Å²) in [6, 6.07) is 3.00. The molecule has 0 N–H and O–H groups in total. The molecule has 5 heteroatoms. The molecule has 0 saturated carbocycles. The Morgan fingerprint density at radius 2 is 2.29 bits per heavy atom. The Morgan fingerprint density at radius 3 is 2.93 bits per heavy atom. The van der Waals surface area contributed by atoms with Gasteiger partial charge in [-0.1, -0.05) is 0 Å². The monoisotopic (exact) mass is 196 g/mol. The van der Waals surface area contributed by atoms with Crippen LogP contribution in [0.5, 0.6) is 0 Å². The molecule has 0 aliphatic heterocycles. The van der Waals surface area contributed by atoms with E-state index in [1.165, 1.54) is 13.2 Å². The molecule has 0 aliphatic rings. The number of carbonyl (C=O) groups excluding carboxylic acids is 1. The first kappa shape index (κ1) is 10.6. The van der Waals surface area contributed by atoms with Crippen LogP contribution in [0.15, 0.2) is 16.9 Å². The summed E-state index contributed by atoms with van der Waals surface area (Å²) in [4.78, 5) is 22.4. The minimum atomic E-state index is -0.278. The zero-order chi connectivity index (χ0) is 10.6. The van der Waals surface area contributed by atoms with E-state index >= 15 is 0 Å². The first-order chi connectivity index (χ1) is 6.63. The van der Waals surface area contributed by atoms with E-state index in [9.17, 15) is 9.59 Å². The van der Waals surface area contributed by atoms with E-state index in [1.807, 2.05) is 0 Å². The van der Waals surface area contributed by atoms with Gasteiger partial charge < -0.3 is 4.74 Å². The number of ketones is 1. The lowest BCUT2D eigenvalue weighted by molar-refractivity contribution is -0.123. The van der Waals surface area contributed by atoms with Crippen molar-refractivity contribution in [2.24, 2.45) is 0 Å². The Morgan fingerprint density at radius 1 is 1.57 bits per heavy atom. The minimum absolute atomic E-state index is 0.00205. The second kappa shape index (κ2) is 4.66. The Labute approximate surface area is 81.3 Å². The normalized spacial score (nSPS) is 10.1. The maximum absolute atomic E-state index is 11.2. The van der Waals surface area contributed by atoms with Crippen molar-refractivity contribution >= 4 is 5.78 Å². The molecule has 0 saturated heterocycles. The van der Waals surface area contributed by atoms with Crippen LogP contribution in [-0.4, -0.2) is 29.3 Å². The van der Waals surface area contributed by atoms with Gasteiger partial charge in [-0.05, 0) is 13.0 Å². The largest absolute Gasteiger partial charge is 0.377 e. The van der Waals surface area contributed by atoms with Crippen LogP contribution in [0.2, 0.25) is 0 Å². The van der Waals surface area contributed by atoms with Crippen LogP contribution in [-0.2, 0) is 16.1 Å². The SMILES string of the molecule is COCC(=O)Cn1nc(C)ccc1=O. The van der Waals surface area contributed by atoms with Gasteiger partial charge in [-0.15, -0.1) is 0 Å². The van der Waals surface area contributed by atoms with Crippen molar-refractivity contribution in [1.29, 1.82) is 0 Å². The number of hydrogen-bond donors (Lipinski definition) is 0. The van der Waals surface area contributed by atoms with Gasteiger partial charge in [-0.25, -0.2) is 4.68 Å². The quantitative estimate of drug-likeness (QED) is 0.667. The number of rotatable bonds is 4. The van der Waals surface area contributed by atoms with Crippen LogP contribution >= 0.6 is 0 Å². The third-order valence-corrected chi connectivity index (χ3v) is 1.63. The highest BCUT2D eigenvalue weighted by atomic mass is 16.5. The molecule has 5 nitrogen and oxygen atoms in total. The van der Waals surface area contributed by atoms with Crippen molar-refractivity contribution in [3.05, 3.63) is 28.2 Å². The summed E-state index contributed by atoms with van der Waals surface area (Å²) in [6.45, 7) is 1.73. The Hall–Kier alpha value is -1.49. The second-order valence-corrected chi connectivity index (χ2v) is 2.94. The number of nitrogens with zero attached hydrogens (tertiary/aromatic N) is 2. The van der Waals surface area contributed by atoms with Gasteiger partial charge in [0.05, 0.1) is 5.69 Å². The lowest BCUT2D eigenvalue weighted by Crippen LogP contribution is -2.27. The summed E-state index contributed by atoms with van der Waals surface area (Å²) in [5, 5.41) is 3.92. The summed E-state index contributed by atoms with van der Waals surface area (Å²) in [5.41, 5.74) is 0.426. The maximum atomic E-state index is 11.2. The van der Waals surface area contributed by atoms with Crippen molar-refractivity contribution in [2.45, 2.75) is 13.5 Å². The molecule has 76 valence electrons. The fraction of sp³-hybridized carbons (Fsp3) is 0.444. The van der Waals surface area contributed by atoms with Crippen LogP contribution in [0.25, 0.3) is 0 Å². The number of hydrogen-bond acceptors (Lipinski definition) is 4. The molecule has 0 unspecified atom stereocenters. The van der Waals surface area contributed by atoms with Gasteiger partial charge in [0, 0.05) is 13.2 Å². The van der Waals surface area contributed by atoms with Gasteiger partial charge >= 0.3 is 0 Å². The van der Waals surface area contributed by atoms with Crippen molar-refractivity contribution in [1.82, 2.24) is 9.78 Å². The van der Waals surface area contributed by atoms with Crippen LogP contribution in [0.1, 0.15) is 5.69 Å². The van der Waals surface area contributed by atoms with Crippen LogP contribution in [0.4, 0.5) is 0 Å². The molecule has 1 heterocycles. The lowest BCUT2D eigenvalue weighted by Gasteiger charge is -2.03. The zero-order valence-electron chi connectivity index (χ0n) is 8.19. The number of Topliss-reactive ketones (excluding diaryl/α,β-unsaturated/α-hetero) is 1. The molecule has 0 atom stereocenters. The topological polar surface area (TPSA) is 61.2 Å². The van der Waals surface area contributed by atoms with E-state index < -0.39 is 0 Å². The van der Waals surface area contributed by atoms with E-state index in [2.05, 4.69) is 9.84 Å². The molecule has 1 aromatic heterocycles. The van der Waals surface area contributed by atoms with E-state index in [0.29, 0.717) is 5.69 Å². The Kier molecular flexibility index (Phi) is 3.53. The molecule has 0 aromatic carbocycles. The second-order valence-electron chi connectivity index (χ2n) is 2.94. The van der Waals surface area contributed by atoms with E-state index in [1.54, 1.807) is 13.0 Å². The van der Waals surface area contributed by atoms with Crippen LogP contribution in [0.3, 0.4) is 0 Å². The van der Waals surface area contributed by atoms with Crippen molar-refractivity contribution in [3.63, 3.8) is 0 Å². The molecular weight excluding hydrogens is 184 g/mol. The minimum Gasteiger partial charge on any atom is -0.377 e. The standard InChI is InChI=1S/C9H12N2O3/c1-7-3-4-9(13)11(10-7)5-8(12)6-14-2/h3-4H,5-6H2,1-2H3. The molecule has 14 heavy (non-hydrogen) atoms. The van der Waals surface area contributed by atoms with Gasteiger partial charge in [-0.2, -0.15) is 5.10 Å². The molecule has 0 fully saturated rings. The fourth-order valence-corrected chi connectivity index (χ4v) is 1.04. The fourth-order valence-electron chi connectivity index (χ4n) is 1.04.